The molecule has 2 saturated heterocycles. The van der Waals surface area contributed by atoms with Gasteiger partial charge in [0.2, 0.25) is 5.89 Å². The van der Waals surface area contributed by atoms with Crippen molar-refractivity contribution < 1.29 is 4.42 Å². The van der Waals surface area contributed by atoms with Crippen LogP contribution in [0.3, 0.4) is 0 Å². The first-order chi connectivity index (χ1) is 10.3. The number of nitrogens with two attached hydrogens (primary N) is 1. The van der Waals surface area contributed by atoms with Gasteiger partial charge in [0.1, 0.15) is 5.52 Å². The summed E-state index contributed by atoms with van der Waals surface area (Å²) in [6, 6.07) is 6.44. The highest BCUT2D eigenvalue weighted by atomic mass is 16.3. The Kier molecular flexibility index (Phi) is 3.31. The fourth-order valence-corrected chi connectivity index (χ4v) is 3.70. The molecule has 2 aromatic rings. The van der Waals surface area contributed by atoms with E-state index in [1.54, 1.807) is 0 Å². The molecule has 0 aliphatic carbocycles. The molecule has 2 aliphatic rings. The number of nitrogen functional groups attached to an aromatic ring is 1. The van der Waals surface area contributed by atoms with Crippen LogP contribution in [0.5, 0.6) is 0 Å². The fraction of sp³-hybridized carbons (Fsp3) is 0.562. The zero-order valence-corrected chi connectivity index (χ0v) is 12.3. The van der Waals surface area contributed by atoms with Gasteiger partial charge in [0.05, 0.1) is 12.2 Å². The van der Waals surface area contributed by atoms with Crippen LogP contribution in [0.2, 0.25) is 0 Å². The van der Waals surface area contributed by atoms with E-state index in [1.807, 2.05) is 18.2 Å². The number of fused-ring (bicyclic) bond motifs is 2. The van der Waals surface area contributed by atoms with E-state index in [0.717, 1.165) is 42.7 Å². The molecule has 112 valence electrons. The number of rotatable bonds is 2. The number of hydrogen-bond acceptors (Lipinski definition) is 5. The SMILES string of the molecule is Nc1cccc2oc(CN3CCCN4CCCC4C3)nc12. The maximum absolute atomic E-state index is 5.95. The van der Waals surface area contributed by atoms with Gasteiger partial charge >= 0.3 is 0 Å². The van der Waals surface area contributed by atoms with Gasteiger partial charge in [-0.15, -0.1) is 0 Å². The molecule has 1 aromatic heterocycles. The van der Waals surface area contributed by atoms with Gasteiger partial charge in [-0.05, 0) is 51.0 Å². The average molecular weight is 286 g/mol. The first-order valence-electron chi connectivity index (χ1n) is 7.90. The summed E-state index contributed by atoms with van der Waals surface area (Å²) >= 11 is 0. The quantitative estimate of drug-likeness (QED) is 0.857. The lowest BCUT2D eigenvalue weighted by atomic mass is 10.2. The second kappa shape index (κ2) is 5.31. The number of nitrogens with zero attached hydrogens (tertiary/aromatic N) is 3. The standard InChI is InChI=1S/C16H22N4O/c17-13-5-1-6-14-16(13)18-15(21-14)11-19-7-3-9-20-8-2-4-12(20)10-19/h1,5-6,12H,2-4,7-11,17H2. The van der Waals surface area contributed by atoms with Crippen LogP contribution >= 0.6 is 0 Å². The van der Waals surface area contributed by atoms with E-state index in [2.05, 4.69) is 14.8 Å². The molecule has 5 nitrogen and oxygen atoms in total. The van der Waals surface area contributed by atoms with Gasteiger partial charge in [0.25, 0.3) is 0 Å². The topological polar surface area (TPSA) is 58.5 Å². The Morgan fingerprint density at radius 2 is 2.14 bits per heavy atom. The van der Waals surface area contributed by atoms with Crippen LogP contribution in [-0.2, 0) is 6.54 Å². The normalized spacial score (nSPS) is 24.3. The lowest BCUT2D eigenvalue weighted by Gasteiger charge is -2.24. The molecule has 2 aliphatic heterocycles. The van der Waals surface area contributed by atoms with Crippen molar-refractivity contribution in [2.45, 2.75) is 31.8 Å². The second-order valence-corrected chi connectivity index (χ2v) is 6.22. The molecule has 0 amide bonds. The summed E-state index contributed by atoms with van der Waals surface area (Å²) in [5.74, 6) is 0.786. The molecule has 1 unspecified atom stereocenters. The predicted molar refractivity (Wildman–Crippen MR) is 82.9 cm³/mol. The van der Waals surface area contributed by atoms with Gasteiger partial charge in [0, 0.05) is 12.6 Å². The second-order valence-electron chi connectivity index (χ2n) is 6.22. The van der Waals surface area contributed by atoms with Gasteiger partial charge < -0.3 is 10.2 Å². The molecule has 1 atom stereocenters. The summed E-state index contributed by atoms with van der Waals surface area (Å²) < 4.78 is 5.86. The van der Waals surface area contributed by atoms with Crippen LogP contribution in [0.4, 0.5) is 5.69 Å². The molecule has 21 heavy (non-hydrogen) atoms. The molecular formula is C16H22N4O. The van der Waals surface area contributed by atoms with Gasteiger partial charge in [0.15, 0.2) is 5.58 Å². The van der Waals surface area contributed by atoms with E-state index in [-0.39, 0.29) is 0 Å². The zero-order chi connectivity index (χ0) is 14.2. The van der Waals surface area contributed by atoms with Crippen molar-refractivity contribution >= 4 is 16.8 Å². The third kappa shape index (κ3) is 2.51. The molecule has 5 heteroatoms. The van der Waals surface area contributed by atoms with Crippen LogP contribution in [0.1, 0.15) is 25.2 Å². The third-order valence-corrected chi connectivity index (χ3v) is 4.74. The van der Waals surface area contributed by atoms with Crippen molar-refractivity contribution in [2.75, 3.05) is 31.9 Å². The van der Waals surface area contributed by atoms with E-state index in [4.69, 9.17) is 10.2 Å². The van der Waals surface area contributed by atoms with Gasteiger partial charge in [-0.3, -0.25) is 9.80 Å². The number of benzene rings is 1. The highest BCUT2D eigenvalue weighted by Gasteiger charge is 2.29. The summed E-state index contributed by atoms with van der Waals surface area (Å²) in [7, 11) is 0. The van der Waals surface area contributed by atoms with Gasteiger partial charge in [-0.2, -0.15) is 0 Å². The maximum Gasteiger partial charge on any atom is 0.209 e. The summed E-state index contributed by atoms with van der Waals surface area (Å²) in [5.41, 5.74) is 8.24. The van der Waals surface area contributed by atoms with Crippen molar-refractivity contribution in [1.82, 2.24) is 14.8 Å². The number of oxazole rings is 1. The number of hydrogen-bond donors (Lipinski definition) is 1. The molecule has 1 aromatic carbocycles. The first kappa shape index (κ1) is 13.1. The minimum atomic E-state index is 0.695. The maximum atomic E-state index is 5.95. The largest absolute Gasteiger partial charge is 0.439 e. The Hall–Kier alpha value is -1.59. The smallest absolute Gasteiger partial charge is 0.209 e. The van der Waals surface area contributed by atoms with Crippen molar-refractivity contribution in [1.29, 1.82) is 0 Å². The third-order valence-electron chi connectivity index (χ3n) is 4.74. The Labute approximate surface area is 124 Å². The highest BCUT2D eigenvalue weighted by molar-refractivity contribution is 5.85. The van der Waals surface area contributed by atoms with E-state index in [1.165, 1.54) is 32.4 Å². The molecule has 2 N–H and O–H groups in total. The number of para-hydroxylation sites is 1. The van der Waals surface area contributed by atoms with E-state index in [9.17, 15) is 0 Å². The minimum absolute atomic E-state index is 0.695. The van der Waals surface area contributed by atoms with Crippen molar-refractivity contribution in [3.8, 4) is 0 Å². The molecule has 0 bridgehead atoms. The van der Waals surface area contributed by atoms with E-state index >= 15 is 0 Å². The van der Waals surface area contributed by atoms with Crippen LogP contribution in [-0.4, -0.2) is 47.0 Å². The van der Waals surface area contributed by atoms with E-state index in [0.29, 0.717) is 5.69 Å². The predicted octanol–water partition coefficient (Wildman–Crippen LogP) is 2.08. The molecule has 3 heterocycles. The van der Waals surface area contributed by atoms with Gasteiger partial charge in [-0.1, -0.05) is 6.07 Å². The summed E-state index contributed by atoms with van der Waals surface area (Å²) in [5, 5.41) is 0. The molecule has 0 radical (unpaired) electrons. The molecular weight excluding hydrogens is 264 g/mol. The fourth-order valence-electron chi connectivity index (χ4n) is 3.70. The van der Waals surface area contributed by atoms with Crippen molar-refractivity contribution in [3.05, 3.63) is 24.1 Å². The Morgan fingerprint density at radius 3 is 3.05 bits per heavy atom. The Morgan fingerprint density at radius 1 is 1.24 bits per heavy atom. The lowest BCUT2D eigenvalue weighted by Crippen LogP contribution is -2.36. The van der Waals surface area contributed by atoms with Crippen LogP contribution < -0.4 is 5.73 Å². The number of anilines is 1. The zero-order valence-electron chi connectivity index (χ0n) is 12.3. The van der Waals surface area contributed by atoms with Crippen LogP contribution in [0.15, 0.2) is 22.6 Å². The molecule has 2 fully saturated rings. The Bertz CT molecular complexity index is 638. The van der Waals surface area contributed by atoms with Gasteiger partial charge in [-0.25, -0.2) is 4.98 Å². The molecule has 0 spiro atoms. The Balaban J connectivity index is 1.52. The minimum Gasteiger partial charge on any atom is -0.439 e. The summed E-state index contributed by atoms with van der Waals surface area (Å²) in [4.78, 5) is 9.70. The molecule has 4 rings (SSSR count). The van der Waals surface area contributed by atoms with Crippen molar-refractivity contribution in [2.24, 2.45) is 0 Å². The van der Waals surface area contributed by atoms with E-state index < -0.39 is 0 Å². The lowest BCUT2D eigenvalue weighted by molar-refractivity contribution is 0.204. The average Bonchev–Trinajstić information content (AvgIpc) is 3.03. The number of aromatic nitrogens is 1. The van der Waals surface area contributed by atoms with Crippen LogP contribution in [0, 0.1) is 0 Å². The first-order valence-corrected chi connectivity index (χ1v) is 7.90. The van der Waals surface area contributed by atoms with Crippen LogP contribution in [0.25, 0.3) is 11.1 Å². The highest BCUT2D eigenvalue weighted by Crippen LogP contribution is 2.24. The van der Waals surface area contributed by atoms with Crippen molar-refractivity contribution in [3.63, 3.8) is 0 Å². The molecule has 0 saturated carbocycles. The monoisotopic (exact) mass is 286 g/mol. The summed E-state index contributed by atoms with van der Waals surface area (Å²) in [6.45, 7) is 5.56. The summed E-state index contributed by atoms with van der Waals surface area (Å²) in [6.07, 6.45) is 3.91.